The van der Waals surface area contributed by atoms with Gasteiger partial charge < -0.3 is 33.9 Å². The van der Waals surface area contributed by atoms with Gasteiger partial charge in [0.15, 0.2) is 11.5 Å². The van der Waals surface area contributed by atoms with Crippen molar-refractivity contribution >= 4 is 11.9 Å². The van der Waals surface area contributed by atoms with Crippen LogP contribution in [0.4, 0.5) is 0 Å². The first-order valence-electron chi connectivity index (χ1n) is 11.2. The third kappa shape index (κ3) is 8.21. The summed E-state index contributed by atoms with van der Waals surface area (Å²) in [6.07, 6.45) is 0. The normalized spacial score (nSPS) is 13.7. The molecule has 0 saturated carbocycles. The quantitative estimate of drug-likeness (QED) is 0.486. The minimum atomic E-state index is -1.82. The standard InChI is InChI=1S/C23H32N2O5.C2H2O4/c1-26-19-10-17(11-20(13-19)27-2)15-24-6-8-25(9-7-24)16-18-12-22(29-4)23(30-5)14-21(18)28-3;3-1(4)2(5)6/h10-14H,6-9,15-16H2,1-5H3;(H,3,4)(H,5,6). The van der Waals surface area contributed by atoms with Crippen LogP contribution in [0.2, 0.25) is 0 Å². The van der Waals surface area contributed by atoms with E-state index in [1.807, 2.05) is 18.2 Å². The number of ether oxygens (including phenoxy) is 5. The van der Waals surface area contributed by atoms with Gasteiger partial charge in [-0.15, -0.1) is 0 Å². The summed E-state index contributed by atoms with van der Waals surface area (Å²) < 4.78 is 27.2. The SMILES string of the molecule is COc1cc(CN2CCN(Cc3cc(OC)c(OC)cc3OC)CC2)cc(OC)c1.O=C(O)C(=O)O. The summed E-state index contributed by atoms with van der Waals surface area (Å²) in [7, 11) is 8.33. The van der Waals surface area contributed by atoms with E-state index in [4.69, 9.17) is 43.5 Å². The van der Waals surface area contributed by atoms with E-state index >= 15 is 0 Å². The second kappa shape index (κ2) is 14.0. The highest BCUT2D eigenvalue weighted by Gasteiger charge is 2.20. The molecule has 0 unspecified atom stereocenters. The van der Waals surface area contributed by atoms with E-state index < -0.39 is 11.9 Å². The summed E-state index contributed by atoms with van der Waals surface area (Å²) >= 11 is 0. The highest BCUT2D eigenvalue weighted by molar-refractivity contribution is 6.27. The number of methoxy groups -OCH3 is 5. The molecule has 1 fully saturated rings. The Morgan fingerprint density at radius 3 is 1.50 bits per heavy atom. The average molecular weight is 507 g/mol. The monoisotopic (exact) mass is 506 g/mol. The van der Waals surface area contributed by atoms with Crippen LogP contribution >= 0.6 is 0 Å². The van der Waals surface area contributed by atoms with Crippen molar-refractivity contribution in [1.29, 1.82) is 0 Å². The number of carboxylic acids is 2. The fraction of sp³-hybridized carbons (Fsp3) is 0.440. The minimum absolute atomic E-state index is 0.677. The lowest BCUT2D eigenvalue weighted by Crippen LogP contribution is -2.45. The summed E-state index contributed by atoms with van der Waals surface area (Å²) in [6, 6.07) is 9.94. The molecule has 11 nitrogen and oxygen atoms in total. The molecule has 0 bridgehead atoms. The molecular weight excluding hydrogens is 472 g/mol. The Balaban J connectivity index is 0.000000678. The van der Waals surface area contributed by atoms with Crippen LogP contribution in [0.15, 0.2) is 30.3 Å². The molecule has 0 amide bonds. The molecule has 198 valence electrons. The molecule has 0 aromatic heterocycles. The van der Waals surface area contributed by atoms with Gasteiger partial charge in [0.2, 0.25) is 0 Å². The Morgan fingerprint density at radius 2 is 1.08 bits per heavy atom. The van der Waals surface area contributed by atoms with Crippen LogP contribution in [-0.2, 0) is 22.7 Å². The number of rotatable bonds is 9. The molecule has 1 heterocycles. The van der Waals surface area contributed by atoms with Crippen LogP contribution in [0.1, 0.15) is 11.1 Å². The average Bonchev–Trinajstić information content (AvgIpc) is 2.89. The van der Waals surface area contributed by atoms with Crippen molar-refractivity contribution in [2.75, 3.05) is 61.7 Å². The predicted molar refractivity (Wildman–Crippen MR) is 131 cm³/mol. The Bertz CT molecular complexity index is 987. The maximum absolute atomic E-state index is 9.10. The highest BCUT2D eigenvalue weighted by atomic mass is 16.5. The number of hydrogen-bond acceptors (Lipinski definition) is 9. The maximum atomic E-state index is 9.10. The van der Waals surface area contributed by atoms with Gasteiger partial charge in [0.1, 0.15) is 17.2 Å². The molecular formula is C25H34N2O9. The molecule has 1 saturated heterocycles. The summed E-state index contributed by atoms with van der Waals surface area (Å²) in [4.78, 5) is 23.1. The number of aliphatic carboxylic acids is 2. The second-order valence-corrected chi connectivity index (χ2v) is 7.90. The second-order valence-electron chi connectivity index (χ2n) is 7.90. The van der Waals surface area contributed by atoms with Gasteiger partial charge in [0, 0.05) is 57.0 Å². The Hall–Kier alpha value is -3.70. The van der Waals surface area contributed by atoms with Gasteiger partial charge in [0.05, 0.1) is 35.5 Å². The molecule has 1 aliphatic rings. The first-order valence-corrected chi connectivity index (χ1v) is 11.2. The molecule has 2 N–H and O–H groups in total. The number of carboxylic acid groups (broad SMARTS) is 2. The fourth-order valence-electron chi connectivity index (χ4n) is 3.78. The van der Waals surface area contributed by atoms with Gasteiger partial charge >= 0.3 is 11.9 Å². The lowest BCUT2D eigenvalue weighted by molar-refractivity contribution is -0.159. The maximum Gasteiger partial charge on any atom is 0.414 e. The highest BCUT2D eigenvalue weighted by Crippen LogP contribution is 2.35. The number of benzene rings is 2. The van der Waals surface area contributed by atoms with E-state index in [1.165, 1.54) is 5.56 Å². The van der Waals surface area contributed by atoms with Crippen molar-refractivity contribution in [2.24, 2.45) is 0 Å². The molecule has 2 aromatic carbocycles. The lowest BCUT2D eigenvalue weighted by atomic mass is 10.1. The zero-order valence-corrected chi connectivity index (χ0v) is 21.3. The molecule has 2 aromatic rings. The molecule has 0 spiro atoms. The smallest absolute Gasteiger partial charge is 0.414 e. The summed E-state index contributed by atoms with van der Waals surface area (Å²) in [5.74, 6) is 0.214. The minimum Gasteiger partial charge on any atom is -0.497 e. The van der Waals surface area contributed by atoms with Crippen molar-refractivity contribution in [3.8, 4) is 28.7 Å². The first-order chi connectivity index (χ1) is 17.2. The van der Waals surface area contributed by atoms with Gasteiger partial charge in [-0.05, 0) is 23.8 Å². The largest absolute Gasteiger partial charge is 0.497 e. The topological polar surface area (TPSA) is 127 Å². The molecule has 0 atom stereocenters. The summed E-state index contributed by atoms with van der Waals surface area (Å²) in [5, 5.41) is 14.8. The van der Waals surface area contributed by atoms with Gasteiger partial charge in [-0.1, -0.05) is 0 Å². The van der Waals surface area contributed by atoms with E-state index in [-0.39, 0.29) is 0 Å². The van der Waals surface area contributed by atoms with Crippen LogP contribution in [0.5, 0.6) is 28.7 Å². The predicted octanol–water partition coefficient (Wildman–Crippen LogP) is 2.20. The first kappa shape index (κ1) is 28.5. The molecule has 0 radical (unpaired) electrons. The number of piperazine rings is 1. The summed E-state index contributed by atoms with van der Waals surface area (Å²) in [5.41, 5.74) is 2.29. The van der Waals surface area contributed by atoms with E-state index in [1.54, 1.807) is 35.5 Å². The Kier molecular flexibility index (Phi) is 11.1. The summed E-state index contributed by atoms with van der Waals surface area (Å²) in [6.45, 7) is 5.65. The number of hydrogen-bond donors (Lipinski definition) is 2. The number of carbonyl (C=O) groups is 2. The van der Waals surface area contributed by atoms with Crippen molar-refractivity contribution < 1.29 is 43.5 Å². The third-order valence-electron chi connectivity index (χ3n) is 5.65. The van der Waals surface area contributed by atoms with Crippen molar-refractivity contribution in [3.63, 3.8) is 0 Å². The van der Waals surface area contributed by atoms with E-state index in [9.17, 15) is 0 Å². The van der Waals surface area contributed by atoms with Crippen LogP contribution in [0.3, 0.4) is 0 Å². The van der Waals surface area contributed by atoms with Gasteiger partial charge in [-0.25, -0.2) is 9.59 Å². The molecule has 11 heteroatoms. The molecule has 0 aliphatic carbocycles. The van der Waals surface area contributed by atoms with Crippen LogP contribution < -0.4 is 23.7 Å². The van der Waals surface area contributed by atoms with Crippen LogP contribution in [0.25, 0.3) is 0 Å². The van der Waals surface area contributed by atoms with Crippen molar-refractivity contribution in [1.82, 2.24) is 9.80 Å². The van der Waals surface area contributed by atoms with Crippen LogP contribution in [-0.4, -0.2) is 93.7 Å². The van der Waals surface area contributed by atoms with E-state index in [0.717, 1.165) is 67.8 Å². The van der Waals surface area contributed by atoms with Crippen molar-refractivity contribution in [2.45, 2.75) is 13.1 Å². The zero-order valence-electron chi connectivity index (χ0n) is 21.3. The Morgan fingerprint density at radius 1 is 0.639 bits per heavy atom. The lowest BCUT2D eigenvalue weighted by Gasteiger charge is -2.35. The van der Waals surface area contributed by atoms with E-state index in [2.05, 4.69) is 21.9 Å². The molecule has 1 aliphatic heterocycles. The zero-order chi connectivity index (χ0) is 26.7. The Labute approximate surface area is 210 Å². The van der Waals surface area contributed by atoms with Gasteiger partial charge in [0.25, 0.3) is 0 Å². The van der Waals surface area contributed by atoms with Crippen LogP contribution in [0, 0.1) is 0 Å². The van der Waals surface area contributed by atoms with Gasteiger partial charge in [-0.2, -0.15) is 0 Å². The molecule has 36 heavy (non-hydrogen) atoms. The fourth-order valence-corrected chi connectivity index (χ4v) is 3.78. The number of nitrogens with zero attached hydrogens (tertiary/aromatic N) is 2. The van der Waals surface area contributed by atoms with E-state index in [0.29, 0.717) is 5.75 Å². The van der Waals surface area contributed by atoms with Gasteiger partial charge in [-0.3, -0.25) is 9.80 Å². The molecule has 3 rings (SSSR count). The third-order valence-corrected chi connectivity index (χ3v) is 5.65. The van der Waals surface area contributed by atoms with Crippen molar-refractivity contribution in [3.05, 3.63) is 41.5 Å².